The molecule has 0 bridgehead atoms. The van der Waals surface area contributed by atoms with Gasteiger partial charge in [0.2, 0.25) is 5.91 Å². The number of nitriles is 1. The average Bonchev–Trinajstić information content (AvgIpc) is 2.82. The zero-order chi connectivity index (χ0) is 16.7. The first-order valence-electron chi connectivity index (χ1n) is 6.75. The van der Waals surface area contributed by atoms with Crippen molar-refractivity contribution in [1.29, 1.82) is 5.26 Å². The van der Waals surface area contributed by atoms with Crippen molar-refractivity contribution in [2.45, 2.75) is 18.4 Å². The van der Waals surface area contributed by atoms with E-state index < -0.39 is 29.3 Å². The van der Waals surface area contributed by atoms with Crippen LogP contribution < -0.4 is 39.4 Å². The number of fused-ring (bicyclic) bond motifs is 1. The van der Waals surface area contributed by atoms with Crippen LogP contribution in [0.5, 0.6) is 5.75 Å². The number of thioether (sulfide) groups is 1. The summed E-state index contributed by atoms with van der Waals surface area (Å²) >= 11 is 1.06. The molecule has 0 saturated carbocycles. The summed E-state index contributed by atoms with van der Waals surface area (Å²) in [5.41, 5.74) is 0.116. The van der Waals surface area contributed by atoms with Gasteiger partial charge in [-0.3, -0.25) is 9.69 Å². The Hall–Kier alpha value is -1.50. The Balaban J connectivity index is 0.00000208. The molecule has 1 aromatic rings. The second-order valence-electron chi connectivity index (χ2n) is 5.14. The number of benzene rings is 1. The summed E-state index contributed by atoms with van der Waals surface area (Å²) in [5.74, 6) is -2.30. The molecule has 0 aromatic heterocycles. The maximum absolute atomic E-state index is 12.0. The number of carboxylic acids is 1. The van der Waals surface area contributed by atoms with Crippen molar-refractivity contribution < 1.29 is 54.1 Å². The Morgan fingerprint density at radius 1 is 1.46 bits per heavy atom. The van der Waals surface area contributed by atoms with Gasteiger partial charge in [-0.1, -0.05) is 11.8 Å². The first kappa shape index (κ1) is 18.8. The first-order chi connectivity index (χ1) is 10.9. The molecular formula is C15H11N2NaO5S. The Kier molecular flexibility index (Phi) is 5.63. The molecule has 0 spiro atoms. The maximum Gasteiger partial charge on any atom is 1.00 e. The van der Waals surface area contributed by atoms with Crippen molar-refractivity contribution in [3.05, 3.63) is 40.6 Å². The van der Waals surface area contributed by atoms with Crippen LogP contribution in [0.3, 0.4) is 0 Å². The van der Waals surface area contributed by atoms with Crippen LogP contribution in [0.15, 0.2) is 35.1 Å². The Bertz CT molecular complexity index is 756. The van der Waals surface area contributed by atoms with E-state index in [0.29, 0.717) is 11.3 Å². The van der Waals surface area contributed by atoms with Crippen LogP contribution in [0, 0.1) is 17.2 Å². The van der Waals surface area contributed by atoms with E-state index >= 15 is 0 Å². The third-order valence-corrected chi connectivity index (χ3v) is 4.89. The van der Waals surface area contributed by atoms with Crippen molar-refractivity contribution in [2.24, 2.45) is 5.92 Å². The van der Waals surface area contributed by atoms with Gasteiger partial charge < -0.3 is 19.7 Å². The molecule has 7 nitrogen and oxygen atoms in total. The molecule has 0 aliphatic carbocycles. The van der Waals surface area contributed by atoms with E-state index in [0.717, 1.165) is 16.7 Å². The topological polar surface area (TPSA) is 114 Å². The van der Waals surface area contributed by atoms with Crippen molar-refractivity contribution in [3.8, 4) is 11.8 Å². The van der Waals surface area contributed by atoms with Crippen LogP contribution in [0.4, 0.5) is 0 Å². The Morgan fingerprint density at radius 2 is 2.08 bits per heavy atom. The van der Waals surface area contributed by atoms with Gasteiger partial charge in [0.25, 0.3) is 0 Å². The van der Waals surface area contributed by atoms with E-state index in [-0.39, 0.29) is 40.3 Å². The van der Waals surface area contributed by atoms with Gasteiger partial charge >= 0.3 is 29.6 Å². The molecule has 1 saturated heterocycles. The minimum Gasteiger partial charge on any atom is -0.543 e. The molecule has 1 N–H and O–H groups in total. The van der Waals surface area contributed by atoms with Gasteiger partial charge in [0.15, 0.2) is 5.09 Å². The SMILES string of the molecule is C[C@@H](O)[C@H]1C(=O)N2C(C(=O)[O-])=C(Oc3ccc(C#N)cc3)S[C@H]12.[Na+]. The van der Waals surface area contributed by atoms with Gasteiger partial charge in [0, 0.05) is 0 Å². The summed E-state index contributed by atoms with van der Waals surface area (Å²) in [4.78, 5) is 24.4. The predicted molar refractivity (Wildman–Crippen MR) is 77.2 cm³/mol. The summed E-state index contributed by atoms with van der Waals surface area (Å²) in [5, 5.41) is 29.3. The third kappa shape index (κ3) is 3.06. The van der Waals surface area contributed by atoms with E-state index in [4.69, 9.17) is 10.00 Å². The number of nitrogens with zero attached hydrogens (tertiary/aromatic N) is 2. The molecule has 2 aliphatic rings. The van der Waals surface area contributed by atoms with Crippen molar-refractivity contribution >= 4 is 23.6 Å². The average molecular weight is 354 g/mol. The Labute approximate surface area is 164 Å². The molecule has 2 aliphatic heterocycles. The number of carboxylic acid groups (broad SMARTS) is 1. The molecular weight excluding hydrogens is 343 g/mol. The fourth-order valence-electron chi connectivity index (χ4n) is 2.52. The number of β-lactam (4-membered cyclic amide) rings is 1. The van der Waals surface area contributed by atoms with E-state index in [1.54, 1.807) is 0 Å². The minimum absolute atomic E-state index is 0. The zero-order valence-electron chi connectivity index (χ0n) is 12.9. The maximum atomic E-state index is 12.0. The standard InChI is InChI=1S/C15H12N2O5S.Na/c1-7(18)10-12(19)17-11(14(20)21)15(23-13(10)17)22-9-4-2-8(6-16)3-5-9;/h2-5,7,10,13,18H,1H3,(H,20,21);/q;+1/p-1/t7-,10+,13-;/m1./s1. The van der Waals surface area contributed by atoms with Gasteiger partial charge in [-0.25, -0.2) is 0 Å². The van der Waals surface area contributed by atoms with Crippen LogP contribution in [-0.2, 0) is 9.59 Å². The number of aliphatic hydroxyl groups is 1. The monoisotopic (exact) mass is 354 g/mol. The largest absolute Gasteiger partial charge is 1.00 e. The van der Waals surface area contributed by atoms with E-state index in [9.17, 15) is 19.8 Å². The van der Waals surface area contributed by atoms with Crippen molar-refractivity contribution in [2.75, 3.05) is 0 Å². The quantitative estimate of drug-likeness (QED) is 0.447. The zero-order valence-corrected chi connectivity index (χ0v) is 15.7. The van der Waals surface area contributed by atoms with Crippen molar-refractivity contribution in [1.82, 2.24) is 4.90 Å². The normalized spacial score (nSPS) is 22.9. The predicted octanol–water partition coefficient (Wildman–Crippen LogP) is -3.23. The molecule has 3 rings (SSSR count). The summed E-state index contributed by atoms with van der Waals surface area (Å²) in [7, 11) is 0. The smallest absolute Gasteiger partial charge is 0.543 e. The summed E-state index contributed by atoms with van der Waals surface area (Å²) in [6, 6.07) is 8.10. The molecule has 3 atom stereocenters. The number of rotatable bonds is 4. The first-order valence-corrected chi connectivity index (χ1v) is 7.63. The van der Waals surface area contributed by atoms with E-state index in [1.165, 1.54) is 31.2 Å². The molecule has 2 heterocycles. The molecule has 0 radical (unpaired) electrons. The summed E-state index contributed by atoms with van der Waals surface area (Å²) in [6.45, 7) is 1.48. The fourth-order valence-corrected chi connectivity index (χ4v) is 3.98. The fraction of sp³-hybridized carbons (Fsp3) is 0.267. The number of hydrogen-bond acceptors (Lipinski definition) is 7. The number of hydrogen-bond donors (Lipinski definition) is 1. The molecule has 24 heavy (non-hydrogen) atoms. The van der Waals surface area contributed by atoms with Crippen LogP contribution in [0.2, 0.25) is 0 Å². The number of amides is 1. The van der Waals surface area contributed by atoms with Crippen molar-refractivity contribution in [3.63, 3.8) is 0 Å². The Morgan fingerprint density at radius 3 is 2.58 bits per heavy atom. The van der Waals surface area contributed by atoms with Gasteiger partial charge in [0.1, 0.15) is 16.8 Å². The number of aliphatic hydroxyl groups excluding tert-OH is 1. The van der Waals surface area contributed by atoms with Gasteiger partial charge in [-0.2, -0.15) is 5.26 Å². The van der Waals surface area contributed by atoms with Gasteiger partial charge in [-0.05, 0) is 31.2 Å². The molecule has 0 unspecified atom stereocenters. The number of carbonyl (C=O) groups excluding carboxylic acids is 2. The molecule has 1 amide bonds. The summed E-state index contributed by atoms with van der Waals surface area (Å²) < 4.78 is 5.54. The molecule has 118 valence electrons. The second kappa shape index (κ2) is 7.17. The molecule has 9 heteroatoms. The minimum atomic E-state index is -1.51. The van der Waals surface area contributed by atoms with Gasteiger partial charge in [0.05, 0.1) is 29.6 Å². The third-order valence-electron chi connectivity index (χ3n) is 3.65. The molecule has 1 fully saturated rings. The number of carbonyl (C=O) groups is 2. The summed E-state index contributed by atoms with van der Waals surface area (Å²) in [6.07, 6.45) is -0.881. The number of aliphatic carboxylic acids is 1. The van der Waals surface area contributed by atoms with Crippen LogP contribution in [0.1, 0.15) is 12.5 Å². The van der Waals surface area contributed by atoms with Crippen LogP contribution in [-0.4, -0.2) is 33.4 Å². The molecule has 1 aromatic carbocycles. The van der Waals surface area contributed by atoms with Crippen LogP contribution >= 0.6 is 11.8 Å². The van der Waals surface area contributed by atoms with Crippen LogP contribution in [0.25, 0.3) is 0 Å². The van der Waals surface area contributed by atoms with E-state index in [1.807, 2.05) is 6.07 Å². The number of ether oxygens (including phenoxy) is 1. The van der Waals surface area contributed by atoms with Gasteiger partial charge in [-0.15, -0.1) is 0 Å². The van der Waals surface area contributed by atoms with E-state index in [2.05, 4.69) is 0 Å². The second-order valence-corrected chi connectivity index (χ2v) is 6.23.